The van der Waals surface area contributed by atoms with Crippen LogP contribution in [0.25, 0.3) is 0 Å². The molecule has 0 saturated carbocycles. The van der Waals surface area contributed by atoms with Gasteiger partial charge < -0.3 is 42.6 Å². The molecule has 0 spiro atoms. The Balaban J connectivity index is 1.79. The molecule has 0 aliphatic heterocycles. The van der Waals surface area contributed by atoms with Crippen molar-refractivity contribution in [3.05, 3.63) is 153 Å². The largest absolute Gasteiger partial charge is 0.496 e. The topological polar surface area (TPSA) is 151 Å². The summed E-state index contributed by atoms with van der Waals surface area (Å²) in [4.78, 5) is 62.7. The summed E-state index contributed by atoms with van der Waals surface area (Å²) >= 11 is 0. The van der Waals surface area contributed by atoms with E-state index in [0.29, 0.717) is 24.0 Å². The third-order valence-corrected chi connectivity index (χ3v) is 13.3. The summed E-state index contributed by atoms with van der Waals surface area (Å²) in [5, 5.41) is 0. The van der Waals surface area contributed by atoms with E-state index in [1.54, 1.807) is 97.1 Å². The van der Waals surface area contributed by atoms with Crippen molar-refractivity contribution in [3.8, 4) is 57.5 Å². The Morgan fingerprint density at radius 1 is 0.338 bits per heavy atom. The van der Waals surface area contributed by atoms with Gasteiger partial charge in [0.2, 0.25) is 23.1 Å². The molecule has 0 aliphatic rings. The lowest BCUT2D eigenvalue weighted by molar-refractivity contribution is 0.0995. The highest BCUT2D eigenvalue weighted by Crippen LogP contribution is 2.45. The summed E-state index contributed by atoms with van der Waals surface area (Å²) < 4.78 is 53.7. The van der Waals surface area contributed by atoms with Crippen molar-refractivity contribution >= 4 is 23.1 Å². The van der Waals surface area contributed by atoms with Crippen LogP contribution in [0.4, 0.5) is 0 Å². The number of benzene rings is 6. The quantitative estimate of drug-likeness (QED) is 0.0529. The van der Waals surface area contributed by atoms with E-state index in [-0.39, 0.29) is 138 Å². The van der Waals surface area contributed by atoms with Crippen LogP contribution >= 0.6 is 0 Å². The van der Waals surface area contributed by atoms with Crippen LogP contribution in [0.1, 0.15) is 143 Å². The summed E-state index contributed by atoms with van der Waals surface area (Å²) in [7, 11) is 11.7. The van der Waals surface area contributed by atoms with Gasteiger partial charge in [0.15, 0.2) is 0 Å². The van der Waals surface area contributed by atoms with Crippen molar-refractivity contribution in [2.75, 3.05) is 56.9 Å². The van der Waals surface area contributed by atoms with Crippen LogP contribution in [0.2, 0.25) is 0 Å². The van der Waals surface area contributed by atoms with Gasteiger partial charge in [-0.2, -0.15) is 0 Å². The Hall–Kier alpha value is -7.80. The van der Waals surface area contributed by atoms with E-state index >= 15 is 19.2 Å². The molecule has 408 valence electrons. The predicted molar refractivity (Wildman–Crippen MR) is 299 cm³/mol. The molecule has 6 aromatic carbocycles. The van der Waals surface area contributed by atoms with Gasteiger partial charge in [0.25, 0.3) is 0 Å². The summed E-state index contributed by atoms with van der Waals surface area (Å²) in [5.74, 6) is -0.0901. The average Bonchev–Trinajstić information content (AvgIpc) is 3.41. The van der Waals surface area contributed by atoms with Crippen LogP contribution in [-0.4, -0.2) is 80.0 Å². The first kappa shape index (κ1) is 58.5. The molecule has 0 N–H and O–H groups in total. The number of hydrogen-bond acceptors (Lipinski definition) is 13. The van der Waals surface area contributed by atoms with Gasteiger partial charge in [0, 0.05) is 33.4 Å². The third-order valence-electron chi connectivity index (χ3n) is 13.3. The van der Waals surface area contributed by atoms with E-state index in [9.17, 15) is 0 Å². The molecular formula is C64H74O13. The van der Waals surface area contributed by atoms with Crippen LogP contribution < -0.4 is 42.6 Å². The van der Waals surface area contributed by atoms with E-state index in [4.69, 9.17) is 42.6 Å². The second-order valence-corrected chi connectivity index (χ2v) is 21.6. The molecule has 0 fully saturated rings. The molecule has 0 saturated heterocycles. The van der Waals surface area contributed by atoms with Crippen LogP contribution in [0.3, 0.4) is 0 Å². The average molecular weight is 1050 g/mol. The highest BCUT2D eigenvalue weighted by Gasteiger charge is 2.36. The molecule has 0 aromatic heterocycles. The van der Waals surface area contributed by atoms with Crippen molar-refractivity contribution in [1.29, 1.82) is 0 Å². The zero-order valence-electron chi connectivity index (χ0n) is 47.5. The zero-order chi connectivity index (χ0) is 56.5. The van der Waals surface area contributed by atoms with Crippen molar-refractivity contribution in [2.24, 2.45) is 22.7 Å². The number of rotatable bonds is 24. The van der Waals surface area contributed by atoms with Crippen LogP contribution in [0.5, 0.6) is 57.5 Å². The lowest BCUT2D eigenvalue weighted by Crippen LogP contribution is -2.21. The van der Waals surface area contributed by atoms with Gasteiger partial charge >= 0.3 is 0 Å². The number of ketones is 4. The van der Waals surface area contributed by atoms with Crippen molar-refractivity contribution in [2.45, 2.75) is 81.1 Å². The minimum Gasteiger partial charge on any atom is -0.496 e. The van der Waals surface area contributed by atoms with Gasteiger partial charge in [0.05, 0.1) is 56.9 Å². The van der Waals surface area contributed by atoms with Crippen LogP contribution in [0.15, 0.2) is 97.1 Å². The highest BCUT2D eigenvalue weighted by atomic mass is 16.5. The molecule has 0 aliphatic carbocycles. The standard InChI is InChI=1S/C64H74O13/c1-37(35-63(3,4)5)33-41-43(31-29-39(59(65)55-45(69-9)21-17-22-46(55)70-10)53(41)61(67)57-49(73-13)25-19-26-50(57)74-14)77-44-32-30-40(60(66)56-47(71-11)23-18-24-48(56)72-12)54(42(44)34-38(2)36-64(6,7)8)62(68)58-51(75-15)27-20-28-52(58)76-16/h17-32,37-38H,33-36H2,1-16H3. The van der Waals surface area contributed by atoms with E-state index in [0.717, 1.165) is 0 Å². The van der Waals surface area contributed by atoms with E-state index in [1.165, 1.54) is 56.9 Å². The van der Waals surface area contributed by atoms with Crippen molar-refractivity contribution < 1.29 is 61.8 Å². The Morgan fingerprint density at radius 2 is 0.571 bits per heavy atom. The number of hydrogen-bond donors (Lipinski definition) is 0. The first-order valence-corrected chi connectivity index (χ1v) is 25.6. The number of methoxy groups -OCH3 is 8. The van der Waals surface area contributed by atoms with Gasteiger partial charge in [-0.15, -0.1) is 0 Å². The van der Waals surface area contributed by atoms with E-state index in [2.05, 4.69) is 55.4 Å². The normalized spacial score (nSPS) is 12.2. The molecule has 0 radical (unpaired) electrons. The van der Waals surface area contributed by atoms with E-state index in [1.807, 2.05) is 0 Å². The molecule has 2 atom stereocenters. The second-order valence-electron chi connectivity index (χ2n) is 21.6. The smallest absolute Gasteiger partial charge is 0.201 e. The first-order valence-electron chi connectivity index (χ1n) is 25.6. The third kappa shape index (κ3) is 12.9. The molecule has 13 nitrogen and oxygen atoms in total. The molecule has 6 rings (SSSR count). The van der Waals surface area contributed by atoms with Gasteiger partial charge in [0.1, 0.15) is 79.7 Å². The van der Waals surface area contributed by atoms with Crippen molar-refractivity contribution in [1.82, 2.24) is 0 Å². The molecule has 0 amide bonds. The van der Waals surface area contributed by atoms with Gasteiger partial charge in [-0.3, -0.25) is 19.2 Å². The van der Waals surface area contributed by atoms with E-state index < -0.39 is 23.1 Å². The maximum absolute atomic E-state index is 15.9. The fraction of sp³-hybridized carbons (Fsp3) is 0.375. The molecule has 77 heavy (non-hydrogen) atoms. The fourth-order valence-electron chi connectivity index (χ4n) is 10.6. The minimum absolute atomic E-state index is 0.0387. The molecular weight excluding hydrogens is 977 g/mol. The molecule has 0 bridgehead atoms. The van der Waals surface area contributed by atoms with Gasteiger partial charge in [-0.05, 0) is 121 Å². The minimum atomic E-state index is -0.565. The number of carbonyl (C=O) groups excluding carboxylic acids is 4. The summed E-state index contributed by atoms with van der Waals surface area (Å²) in [6.45, 7) is 17.0. The highest BCUT2D eigenvalue weighted by molar-refractivity contribution is 6.24. The number of ether oxygens (including phenoxy) is 9. The molecule has 2 unspecified atom stereocenters. The lowest BCUT2D eigenvalue weighted by atomic mass is 9.79. The Bertz CT molecular complexity index is 2840. The predicted octanol–water partition coefficient (Wildman–Crippen LogP) is 13.7. The van der Waals surface area contributed by atoms with Crippen molar-refractivity contribution in [3.63, 3.8) is 0 Å². The Labute approximate surface area is 454 Å². The molecule has 13 heteroatoms. The first-order chi connectivity index (χ1) is 36.6. The molecule has 0 heterocycles. The monoisotopic (exact) mass is 1050 g/mol. The molecule has 6 aromatic rings. The van der Waals surface area contributed by atoms with Gasteiger partial charge in [-0.1, -0.05) is 79.7 Å². The van der Waals surface area contributed by atoms with Crippen LogP contribution in [-0.2, 0) is 12.8 Å². The van der Waals surface area contributed by atoms with Gasteiger partial charge in [-0.25, -0.2) is 0 Å². The maximum Gasteiger partial charge on any atom is 0.201 e. The SMILES string of the molecule is COc1cccc(OC)c1C(=O)c1ccc(Oc2ccc(C(=O)c3c(OC)cccc3OC)c(C(=O)c3c(OC)cccc3OC)c2CC(C)CC(C)(C)C)c(CC(C)CC(C)(C)C)c1C(=O)c1c(OC)cccc1OC. The lowest BCUT2D eigenvalue weighted by Gasteiger charge is -2.28. The summed E-state index contributed by atoms with van der Waals surface area (Å²) in [5.41, 5.74) is 1.08. The Kier molecular flexibility index (Phi) is 18.9. The zero-order valence-corrected chi connectivity index (χ0v) is 47.5. The second kappa shape index (κ2) is 24.9. The summed E-state index contributed by atoms with van der Waals surface area (Å²) in [6.07, 6.45) is 1.93. The number of carbonyl (C=O) groups is 4. The fourth-order valence-corrected chi connectivity index (χ4v) is 10.6. The Morgan fingerprint density at radius 3 is 0.792 bits per heavy atom. The summed E-state index contributed by atoms with van der Waals surface area (Å²) in [6, 6.07) is 26.6. The maximum atomic E-state index is 15.9. The van der Waals surface area contributed by atoms with Crippen LogP contribution in [0, 0.1) is 22.7 Å².